The zero-order chi connectivity index (χ0) is 21.6. The van der Waals surface area contributed by atoms with E-state index in [0.717, 1.165) is 0 Å². The number of aryl methyl sites for hydroxylation is 1. The number of nitrogens with one attached hydrogen (secondary N) is 2. The number of halogens is 1. The van der Waals surface area contributed by atoms with Crippen LogP contribution in [0.1, 0.15) is 35.3 Å². The van der Waals surface area contributed by atoms with Crippen molar-refractivity contribution in [3.63, 3.8) is 0 Å². The van der Waals surface area contributed by atoms with Crippen molar-refractivity contribution < 1.29 is 14.5 Å². The summed E-state index contributed by atoms with van der Waals surface area (Å²) in [5.74, 6) is -1.20. The molecule has 2 rings (SSSR count). The average Bonchev–Trinajstić information content (AvgIpc) is 2.67. The van der Waals surface area contributed by atoms with Crippen LogP contribution < -0.4 is 10.7 Å². The number of hydrogen-bond donors (Lipinski definition) is 2. The predicted molar refractivity (Wildman–Crippen MR) is 111 cm³/mol. The van der Waals surface area contributed by atoms with Crippen LogP contribution in [0.2, 0.25) is 5.02 Å². The Morgan fingerprint density at radius 2 is 1.90 bits per heavy atom. The van der Waals surface area contributed by atoms with Crippen molar-refractivity contribution in [2.24, 2.45) is 11.0 Å². The van der Waals surface area contributed by atoms with Gasteiger partial charge in [0.2, 0.25) is 0 Å². The van der Waals surface area contributed by atoms with Gasteiger partial charge in [0.15, 0.2) is 0 Å². The lowest BCUT2D eigenvalue weighted by Gasteiger charge is -2.20. The van der Waals surface area contributed by atoms with Gasteiger partial charge >= 0.3 is 0 Å². The first kappa shape index (κ1) is 22.0. The van der Waals surface area contributed by atoms with Gasteiger partial charge in [-0.25, -0.2) is 5.43 Å². The van der Waals surface area contributed by atoms with Crippen molar-refractivity contribution in [3.05, 3.63) is 74.3 Å². The van der Waals surface area contributed by atoms with E-state index in [-0.39, 0.29) is 22.2 Å². The van der Waals surface area contributed by atoms with Gasteiger partial charge in [0.05, 0.1) is 21.7 Å². The van der Waals surface area contributed by atoms with Gasteiger partial charge in [-0.15, -0.1) is 0 Å². The molecule has 152 valence electrons. The van der Waals surface area contributed by atoms with Crippen LogP contribution in [0.15, 0.2) is 47.6 Å². The van der Waals surface area contributed by atoms with Crippen LogP contribution in [-0.2, 0) is 4.79 Å². The third-order valence-electron chi connectivity index (χ3n) is 4.17. The molecule has 1 atom stereocenters. The average molecular weight is 417 g/mol. The number of amides is 2. The first-order chi connectivity index (χ1) is 13.7. The smallest absolute Gasteiger partial charge is 0.272 e. The number of benzene rings is 2. The van der Waals surface area contributed by atoms with Crippen LogP contribution >= 0.6 is 11.6 Å². The molecule has 0 aromatic heterocycles. The summed E-state index contributed by atoms with van der Waals surface area (Å²) in [4.78, 5) is 35.4. The molecule has 2 aromatic carbocycles. The molecule has 2 N–H and O–H groups in total. The molecule has 1 unspecified atom stereocenters. The maximum atomic E-state index is 12.5. The maximum absolute atomic E-state index is 12.5. The van der Waals surface area contributed by atoms with Crippen molar-refractivity contribution in [3.8, 4) is 0 Å². The quantitative estimate of drug-likeness (QED) is 0.408. The van der Waals surface area contributed by atoms with E-state index in [4.69, 9.17) is 11.6 Å². The van der Waals surface area contributed by atoms with Crippen molar-refractivity contribution in [2.45, 2.75) is 26.8 Å². The summed E-state index contributed by atoms with van der Waals surface area (Å²) >= 11 is 6.03. The maximum Gasteiger partial charge on any atom is 0.272 e. The molecule has 0 radical (unpaired) electrons. The summed E-state index contributed by atoms with van der Waals surface area (Å²) in [6.45, 7) is 5.20. The third-order valence-corrected chi connectivity index (χ3v) is 4.50. The number of rotatable bonds is 7. The highest BCUT2D eigenvalue weighted by Gasteiger charge is 2.25. The molecule has 29 heavy (non-hydrogen) atoms. The lowest BCUT2D eigenvalue weighted by Crippen LogP contribution is -2.48. The molecule has 0 aliphatic heterocycles. The Morgan fingerprint density at radius 1 is 1.21 bits per heavy atom. The number of carbonyl (C=O) groups excluding carboxylic acids is 2. The first-order valence-corrected chi connectivity index (χ1v) is 9.22. The van der Waals surface area contributed by atoms with Gasteiger partial charge in [0.1, 0.15) is 6.04 Å². The van der Waals surface area contributed by atoms with Gasteiger partial charge in [0.25, 0.3) is 17.5 Å². The first-order valence-electron chi connectivity index (χ1n) is 8.84. The van der Waals surface area contributed by atoms with E-state index in [2.05, 4.69) is 15.8 Å². The van der Waals surface area contributed by atoms with E-state index < -0.39 is 22.8 Å². The Kier molecular flexibility index (Phi) is 7.44. The van der Waals surface area contributed by atoms with E-state index >= 15 is 0 Å². The van der Waals surface area contributed by atoms with Crippen molar-refractivity contribution >= 4 is 35.3 Å². The minimum absolute atomic E-state index is 0.0349. The minimum atomic E-state index is -0.844. The minimum Gasteiger partial charge on any atom is -0.340 e. The van der Waals surface area contributed by atoms with E-state index in [1.165, 1.54) is 12.3 Å². The fourth-order valence-corrected chi connectivity index (χ4v) is 2.76. The molecule has 0 fully saturated rings. The molecule has 2 aromatic rings. The second-order valence-corrected chi connectivity index (χ2v) is 7.12. The molecular weight excluding hydrogens is 396 g/mol. The van der Waals surface area contributed by atoms with Crippen LogP contribution in [0.4, 0.5) is 5.69 Å². The van der Waals surface area contributed by atoms with Gasteiger partial charge < -0.3 is 5.32 Å². The van der Waals surface area contributed by atoms with E-state index in [1.807, 2.05) is 0 Å². The van der Waals surface area contributed by atoms with Gasteiger partial charge in [-0.05, 0) is 25.0 Å². The molecule has 0 heterocycles. The van der Waals surface area contributed by atoms with Crippen LogP contribution in [0.25, 0.3) is 0 Å². The summed E-state index contributed by atoms with van der Waals surface area (Å²) in [6.07, 6.45) is 1.30. The van der Waals surface area contributed by atoms with Crippen LogP contribution in [0.3, 0.4) is 0 Å². The van der Waals surface area contributed by atoms with Gasteiger partial charge in [-0.2, -0.15) is 5.10 Å². The fraction of sp³-hybridized carbons (Fsp3) is 0.250. The topological polar surface area (TPSA) is 114 Å². The normalized spacial score (nSPS) is 12.0. The van der Waals surface area contributed by atoms with Crippen molar-refractivity contribution in [1.82, 2.24) is 10.7 Å². The van der Waals surface area contributed by atoms with Gasteiger partial charge in [-0.3, -0.25) is 19.7 Å². The Bertz CT molecular complexity index is 959. The second kappa shape index (κ2) is 9.79. The Labute approximate surface area is 173 Å². The highest BCUT2D eigenvalue weighted by atomic mass is 35.5. The second-order valence-electron chi connectivity index (χ2n) is 6.71. The summed E-state index contributed by atoms with van der Waals surface area (Å²) < 4.78 is 0. The molecule has 0 aliphatic rings. The van der Waals surface area contributed by atoms with E-state index in [9.17, 15) is 19.7 Å². The Morgan fingerprint density at radius 3 is 2.52 bits per heavy atom. The van der Waals surface area contributed by atoms with Crippen LogP contribution in [0, 0.1) is 23.0 Å². The van der Waals surface area contributed by atoms with Crippen molar-refractivity contribution in [1.29, 1.82) is 0 Å². The summed E-state index contributed by atoms with van der Waals surface area (Å²) in [7, 11) is 0. The molecule has 0 aliphatic carbocycles. The van der Waals surface area contributed by atoms with Gasteiger partial charge in [-0.1, -0.05) is 49.7 Å². The number of nitrogens with zero attached hydrogens (tertiary/aromatic N) is 2. The molecule has 9 heteroatoms. The van der Waals surface area contributed by atoms with E-state index in [0.29, 0.717) is 11.1 Å². The lowest BCUT2D eigenvalue weighted by atomic mass is 10.0. The largest absolute Gasteiger partial charge is 0.340 e. The Hall–Kier alpha value is -3.26. The zero-order valence-electron chi connectivity index (χ0n) is 16.2. The highest BCUT2D eigenvalue weighted by Crippen LogP contribution is 2.18. The Balaban J connectivity index is 2.07. The third kappa shape index (κ3) is 5.86. The summed E-state index contributed by atoms with van der Waals surface area (Å²) in [5, 5.41) is 17.8. The zero-order valence-corrected chi connectivity index (χ0v) is 16.9. The number of hydrogen-bond acceptors (Lipinski definition) is 5. The summed E-state index contributed by atoms with van der Waals surface area (Å²) in [5.41, 5.74) is 3.58. The monoisotopic (exact) mass is 416 g/mol. The number of hydrazone groups is 1. The number of nitro benzene ring substituents is 1. The molecule has 0 bridgehead atoms. The van der Waals surface area contributed by atoms with Crippen LogP contribution in [0.5, 0.6) is 0 Å². The fourth-order valence-electron chi connectivity index (χ4n) is 2.54. The molecule has 2 amide bonds. The molecule has 0 spiro atoms. The standard InChI is InChI=1S/C20H21ClN4O4/c1-12(2)18(23-19(26)15-6-4-5-7-16(15)21)20(27)24-22-11-14-9-8-13(3)17(10-14)25(28)29/h4-12,18H,1-3H3,(H,23,26)(H,24,27). The van der Waals surface area contributed by atoms with Crippen LogP contribution in [-0.4, -0.2) is 29.0 Å². The summed E-state index contributed by atoms with van der Waals surface area (Å²) in [6, 6.07) is 10.3. The lowest BCUT2D eigenvalue weighted by molar-refractivity contribution is -0.385. The highest BCUT2D eigenvalue weighted by molar-refractivity contribution is 6.33. The molecule has 8 nitrogen and oxygen atoms in total. The molecule has 0 saturated heterocycles. The molecular formula is C20H21ClN4O4. The number of nitro groups is 1. The molecule has 0 saturated carbocycles. The van der Waals surface area contributed by atoms with Crippen molar-refractivity contribution in [2.75, 3.05) is 0 Å². The predicted octanol–water partition coefficient (Wildman–Crippen LogP) is 3.46. The SMILES string of the molecule is Cc1ccc(C=NNC(=O)C(NC(=O)c2ccccc2Cl)C(C)C)cc1[N+](=O)[O-]. The number of carbonyl (C=O) groups is 2. The van der Waals surface area contributed by atoms with E-state index in [1.54, 1.807) is 57.2 Å². The van der Waals surface area contributed by atoms with Gasteiger partial charge in [0, 0.05) is 17.2 Å².